The minimum absolute atomic E-state index is 0.0287. The smallest absolute Gasteiger partial charge is 0.353 e. The normalized spacial score (nSPS) is 10.3. The summed E-state index contributed by atoms with van der Waals surface area (Å²) < 4.78 is 13.7. The number of halogens is 2. The number of benzene rings is 1. The predicted octanol–water partition coefficient (Wildman–Crippen LogP) is 3.38. The van der Waals surface area contributed by atoms with Gasteiger partial charge >= 0.3 is 5.69 Å². The lowest BCUT2D eigenvalue weighted by Gasteiger charge is -2.11. The molecule has 110 valence electrons. The molecular weight excluding hydrogens is 345 g/mol. The Morgan fingerprint density at radius 1 is 1.33 bits per heavy atom. The van der Waals surface area contributed by atoms with Gasteiger partial charge in [-0.1, -0.05) is 0 Å². The van der Waals surface area contributed by atoms with Crippen LogP contribution in [0, 0.1) is 22.9 Å². The summed E-state index contributed by atoms with van der Waals surface area (Å²) >= 11 is 3.08. The van der Waals surface area contributed by atoms with Crippen LogP contribution in [0.3, 0.4) is 0 Å². The van der Waals surface area contributed by atoms with Crippen molar-refractivity contribution < 1.29 is 9.31 Å². The summed E-state index contributed by atoms with van der Waals surface area (Å²) in [6.45, 7) is 1.68. The Balaban J connectivity index is 2.49. The Bertz CT molecular complexity index is 710. The van der Waals surface area contributed by atoms with E-state index < -0.39 is 10.7 Å². The van der Waals surface area contributed by atoms with Gasteiger partial charge in [-0.25, -0.2) is 14.4 Å². The molecule has 0 aliphatic carbocycles. The van der Waals surface area contributed by atoms with Crippen molar-refractivity contribution in [2.24, 2.45) is 0 Å². The quantitative estimate of drug-likeness (QED) is 0.644. The Labute approximate surface area is 127 Å². The molecule has 0 radical (unpaired) electrons. The SMILES string of the molecule is CNc1ncnc(Nc2cc(Br)c(F)cc2C)c1[N+](=O)[O-]. The van der Waals surface area contributed by atoms with E-state index in [1.54, 1.807) is 6.92 Å². The Morgan fingerprint density at radius 3 is 2.62 bits per heavy atom. The molecule has 2 rings (SSSR count). The summed E-state index contributed by atoms with van der Waals surface area (Å²) in [5.41, 5.74) is 0.821. The first-order valence-corrected chi connectivity index (χ1v) is 6.63. The van der Waals surface area contributed by atoms with Gasteiger partial charge in [-0.05, 0) is 40.5 Å². The van der Waals surface area contributed by atoms with Crippen LogP contribution >= 0.6 is 15.9 Å². The third-order valence-corrected chi connectivity index (χ3v) is 3.37. The van der Waals surface area contributed by atoms with Gasteiger partial charge in [0, 0.05) is 12.7 Å². The van der Waals surface area contributed by atoms with Crippen LogP contribution in [0.5, 0.6) is 0 Å². The number of nitrogens with zero attached hydrogens (tertiary/aromatic N) is 3. The molecular formula is C12H11BrFN5O2. The fourth-order valence-electron chi connectivity index (χ4n) is 1.73. The number of hydrogen-bond acceptors (Lipinski definition) is 6. The molecule has 21 heavy (non-hydrogen) atoms. The van der Waals surface area contributed by atoms with Crippen molar-refractivity contribution in [2.75, 3.05) is 17.7 Å². The molecule has 1 aromatic heterocycles. The van der Waals surface area contributed by atoms with Crippen LogP contribution in [0.15, 0.2) is 22.9 Å². The maximum Gasteiger partial charge on any atom is 0.353 e. The second-order valence-electron chi connectivity index (χ2n) is 4.13. The lowest BCUT2D eigenvalue weighted by atomic mass is 10.2. The molecule has 7 nitrogen and oxygen atoms in total. The van der Waals surface area contributed by atoms with Gasteiger partial charge in [0.05, 0.1) is 9.40 Å². The van der Waals surface area contributed by atoms with Crippen molar-refractivity contribution >= 4 is 38.9 Å². The van der Waals surface area contributed by atoms with Gasteiger partial charge in [0.2, 0.25) is 11.6 Å². The summed E-state index contributed by atoms with van der Waals surface area (Å²) in [6, 6.07) is 2.81. The molecule has 1 aromatic carbocycles. The third kappa shape index (κ3) is 3.07. The second kappa shape index (κ2) is 6.00. The van der Waals surface area contributed by atoms with E-state index in [1.165, 1.54) is 25.5 Å². The predicted molar refractivity (Wildman–Crippen MR) is 80.4 cm³/mol. The zero-order valence-corrected chi connectivity index (χ0v) is 12.7. The zero-order valence-electron chi connectivity index (χ0n) is 11.1. The van der Waals surface area contributed by atoms with Crippen LogP contribution in [0.4, 0.5) is 27.4 Å². The van der Waals surface area contributed by atoms with E-state index >= 15 is 0 Å². The van der Waals surface area contributed by atoms with E-state index in [9.17, 15) is 14.5 Å². The Hall–Kier alpha value is -2.29. The van der Waals surface area contributed by atoms with Crippen LogP contribution < -0.4 is 10.6 Å². The number of nitro groups is 1. The highest BCUT2D eigenvalue weighted by atomic mass is 79.9. The van der Waals surface area contributed by atoms with Gasteiger partial charge in [0.1, 0.15) is 12.1 Å². The van der Waals surface area contributed by atoms with Crippen molar-refractivity contribution in [1.29, 1.82) is 0 Å². The highest BCUT2D eigenvalue weighted by molar-refractivity contribution is 9.10. The maximum absolute atomic E-state index is 13.4. The van der Waals surface area contributed by atoms with Gasteiger partial charge in [0.25, 0.3) is 0 Å². The molecule has 0 unspecified atom stereocenters. The largest absolute Gasteiger partial charge is 0.367 e. The second-order valence-corrected chi connectivity index (χ2v) is 4.99. The van der Waals surface area contributed by atoms with E-state index in [2.05, 4.69) is 36.5 Å². The van der Waals surface area contributed by atoms with Crippen LogP contribution in [-0.4, -0.2) is 21.9 Å². The molecule has 0 saturated heterocycles. The Kier molecular flexibility index (Phi) is 4.32. The first-order valence-electron chi connectivity index (χ1n) is 5.84. The van der Waals surface area contributed by atoms with Crippen molar-refractivity contribution in [1.82, 2.24) is 9.97 Å². The molecule has 0 bridgehead atoms. The Morgan fingerprint density at radius 2 is 2.00 bits per heavy atom. The van der Waals surface area contributed by atoms with Crippen LogP contribution in [0.1, 0.15) is 5.56 Å². The molecule has 2 N–H and O–H groups in total. The van der Waals surface area contributed by atoms with E-state index in [0.717, 1.165) is 0 Å². The zero-order chi connectivity index (χ0) is 15.6. The number of aromatic nitrogens is 2. The van der Waals surface area contributed by atoms with Crippen LogP contribution in [-0.2, 0) is 0 Å². The van der Waals surface area contributed by atoms with E-state index in [0.29, 0.717) is 11.3 Å². The van der Waals surface area contributed by atoms with Gasteiger partial charge < -0.3 is 10.6 Å². The molecule has 0 aliphatic rings. The third-order valence-electron chi connectivity index (χ3n) is 2.76. The number of aryl methyl sites for hydroxylation is 1. The minimum Gasteiger partial charge on any atom is -0.367 e. The van der Waals surface area contributed by atoms with E-state index in [4.69, 9.17) is 0 Å². The number of rotatable bonds is 4. The van der Waals surface area contributed by atoms with E-state index in [1.807, 2.05) is 0 Å². The number of anilines is 3. The average molecular weight is 356 g/mol. The highest BCUT2D eigenvalue weighted by Gasteiger charge is 2.22. The van der Waals surface area contributed by atoms with Gasteiger partial charge in [-0.2, -0.15) is 0 Å². The lowest BCUT2D eigenvalue weighted by molar-refractivity contribution is -0.383. The minimum atomic E-state index is -0.581. The summed E-state index contributed by atoms with van der Waals surface area (Å²) in [5, 5.41) is 16.6. The van der Waals surface area contributed by atoms with Crippen molar-refractivity contribution in [3.8, 4) is 0 Å². The van der Waals surface area contributed by atoms with Crippen LogP contribution in [0.2, 0.25) is 0 Å². The van der Waals surface area contributed by atoms with Gasteiger partial charge in [-0.15, -0.1) is 0 Å². The number of hydrogen-bond donors (Lipinski definition) is 2. The standard InChI is InChI=1S/C12H11BrFN5O2/c1-6-3-8(14)7(13)4-9(6)18-12-10(19(20)21)11(15-2)16-5-17-12/h3-5H,1-2H3,(H2,15,16,17,18). The monoisotopic (exact) mass is 355 g/mol. The van der Waals surface area contributed by atoms with Crippen molar-refractivity contribution in [3.63, 3.8) is 0 Å². The maximum atomic E-state index is 13.4. The molecule has 0 saturated carbocycles. The van der Waals surface area contributed by atoms with Gasteiger partial charge in [-0.3, -0.25) is 10.1 Å². The summed E-state index contributed by atoms with van der Waals surface area (Å²) in [6.07, 6.45) is 1.20. The number of nitrogens with one attached hydrogen (secondary N) is 2. The topological polar surface area (TPSA) is 93.0 Å². The molecule has 1 heterocycles. The molecule has 0 amide bonds. The van der Waals surface area contributed by atoms with Crippen molar-refractivity contribution in [3.05, 3.63) is 44.4 Å². The van der Waals surface area contributed by atoms with Gasteiger partial charge in [0.15, 0.2) is 0 Å². The summed E-state index contributed by atoms with van der Waals surface area (Å²) in [7, 11) is 1.53. The molecule has 0 atom stereocenters. The fourth-order valence-corrected chi connectivity index (χ4v) is 2.08. The molecule has 0 aliphatic heterocycles. The van der Waals surface area contributed by atoms with Crippen molar-refractivity contribution in [2.45, 2.75) is 6.92 Å². The lowest BCUT2D eigenvalue weighted by Crippen LogP contribution is -2.06. The van der Waals surface area contributed by atoms with Crippen LogP contribution in [0.25, 0.3) is 0 Å². The van der Waals surface area contributed by atoms with E-state index in [-0.39, 0.29) is 21.8 Å². The molecule has 2 aromatic rings. The molecule has 9 heteroatoms. The summed E-state index contributed by atoms with van der Waals surface area (Å²) in [4.78, 5) is 18.3. The molecule has 0 spiro atoms. The first-order chi connectivity index (χ1) is 9.93. The first kappa shape index (κ1) is 15.1. The molecule has 0 fully saturated rings. The summed E-state index contributed by atoms with van der Waals surface area (Å²) in [5.74, 6) is -0.288. The highest BCUT2D eigenvalue weighted by Crippen LogP contribution is 2.33. The fraction of sp³-hybridized carbons (Fsp3) is 0.167. The average Bonchev–Trinajstić information content (AvgIpc) is 2.44.